The van der Waals surface area contributed by atoms with Crippen molar-refractivity contribution in [3.05, 3.63) is 28.2 Å². The number of hydrogen-bond donors (Lipinski definition) is 1. The second kappa shape index (κ2) is 5.59. The minimum atomic E-state index is 0.760. The maximum atomic E-state index is 5.38. The Morgan fingerprint density at radius 2 is 2.06 bits per heavy atom. The lowest BCUT2D eigenvalue weighted by Gasteiger charge is -2.29. The molecule has 0 amide bonds. The molecule has 18 heavy (non-hydrogen) atoms. The molecule has 98 valence electrons. The summed E-state index contributed by atoms with van der Waals surface area (Å²) in [6.07, 6.45) is 2.67. The number of rotatable bonds is 4. The van der Waals surface area contributed by atoms with E-state index in [0.29, 0.717) is 0 Å². The van der Waals surface area contributed by atoms with Crippen molar-refractivity contribution in [3.8, 4) is 0 Å². The molecule has 3 nitrogen and oxygen atoms in total. The fraction of sp³-hybridized carbons (Fsp3) is 0.571. The summed E-state index contributed by atoms with van der Waals surface area (Å²) in [5.41, 5.74) is 2.64. The Hall–Kier alpha value is -0.580. The molecule has 0 bridgehead atoms. The van der Waals surface area contributed by atoms with Gasteiger partial charge in [0.25, 0.3) is 0 Å². The fourth-order valence-electron chi connectivity index (χ4n) is 2.24. The molecule has 1 aliphatic heterocycles. The van der Waals surface area contributed by atoms with Gasteiger partial charge in [-0.3, -0.25) is 0 Å². The third kappa shape index (κ3) is 3.05. The van der Waals surface area contributed by atoms with Crippen LogP contribution in [0.4, 0.5) is 5.69 Å². The molecule has 2 aliphatic rings. The van der Waals surface area contributed by atoms with Crippen LogP contribution in [0.25, 0.3) is 0 Å². The SMILES string of the molecule is Brc1cc(N2CCOCC2)ccc1CNC1CC1. The molecule has 2 fully saturated rings. The third-order valence-electron chi connectivity index (χ3n) is 3.57. The smallest absolute Gasteiger partial charge is 0.0642 e. The Morgan fingerprint density at radius 1 is 1.28 bits per heavy atom. The van der Waals surface area contributed by atoms with Gasteiger partial charge in [-0.2, -0.15) is 0 Å². The Bertz CT molecular complexity index is 414. The highest BCUT2D eigenvalue weighted by atomic mass is 79.9. The van der Waals surface area contributed by atoms with E-state index in [-0.39, 0.29) is 0 Å². The van der Waals surface area contributed by atoms with Crippen LogP contribution in [0.15, 0.2) is 22.7 Å². The Morgan fingerprint density at radius 3 is 2.72 bits per heavy atom. The minimum Gasteiger partial charge on any atom is -0.378 e. The van der Waals surface area contributed by atoms with Crippen molar-refractivity contribution in [2.45, 2.75) is 25.4 Å². The predicted octanol–water partition coefficient (Wildman–Crippen LogP) is 2.54. The van der Waals surface area contributed by atoms with Crippen molar-refractivity contribution in [1.82, 2.24) is 5.32 Å². The van der Waals surface area contributed by atoms with Gasteiger partial charge in [0.15, 0.2) is 0 Å². The molecular formula is C14H19BrN2O. The van der Waals surface area contributed by atoms with Gasteiger partial charge in [-0.05, 0) is 30.5 Å². The molecule has 1 saturated heterocycles. The molecule has 0 spiro atoms. The van der Waals surface area contributed by atoms with Gasteiger partial charge in [-0.25, -0.2) is 0 Å². The van der Waals surface area contributed by atoms with Crippen LogP contribution in [0.1, 0.15) is 18.4 Å². The second-order valence-electron chi connectivity index (χ2n) is 5.03. The molecule has 0 unspecified atom stereocenters. The van der Waals surface area contributed by atoms with E-state index in [0.717, 1.165) is 38.9 Å². The van der Waals surface area contributed by atoms with Crippen LogP contribution in [0.3, 0.4) is 0 Å². The topological polar surface area (TPSA) is 24.5 Å². The molecular weight excluding hydrogens is 292 g/mol. The average Bonchev–Trinajstić information content (AvgIpc) is 3.22. The monoisotopic (exact) mass is 310 g/mol. The summed E-state index contributed by atoms with van der Waals surface area (Å²) in [7, 11) is 0. The lowest BCUT2D eigenvalue weighted by atomic mass is 10.2. The largest absolute Gasteiger partial charge is 0.378 e. The number of nitrogens with one attached hydrogen (secondary N) is 1. The van der Waals surface area contributed by atoms with Crippen molar-refractivity contribution < 1.29 is 4.74 Å². The van der Waals surface area contributed by atoms with Crippen LogP contribution in [-0.4, -0.2) is 32.3 Å². The molecule has 1 aromatic rings. The van der Waals surface area contributed by atoms with Gasteiger partial charge in [0.05, 0.1) is 13.2 Å². The number of hydrogen-bond acceptors (Lipinski definition) is 3. The highest BCUT2D eigenvalue weighted by molar-refractivity contribution is 9.10. The van der Waals surface area contributed by atoms with Crippen LogP contribution in [-0.2, 0) is 11.3 Å². The molecule has 1 heterocycles. The molecule has 0 aromatic heterocycles. The summed E-state index contributed by atoms with van der Waals surface area (Å²) in [5.74, 6) is 0. The van der Waals surface area contributed by atoms with E-state index >= 15 is 0 Å². The van der Waals surface area contributed by atoms with Crippen molar-refractivity contribution >= 4 is 21.6 Å². The van der Waals surface area contributed by atoms with E-state index in [2.05, 4.69) is 44.3 Å². The molecule has 0 radical (unpaired) electrons. The highest BCUT2D eigenvalue weighted by Gasteiger charge is 2.20. The summed E-state index contributed by atoms with van der Waals surface area (Å²) in [5, 5.41) is 3.55. The standard InChI is InChI=1S/C14H19BrN2O/c15-14-9-13(17-5-7-18-8-6-17)4-1-11(14)10-16-12-2-3-12/h1,4,9,12,16H,2-3,5-8,10H2. The van der Waals surface area contributed by atoms with E-state index in [1.165, 1.54) is 28.6 Å². The van der Waals surface area contributed by atoms with Crippen LogP contribution in [0.5, 0.6) is 0 Å². The summed E-state index contributed by atoms with van der Waals surface area (Å²) in [6, 6.07) is 7.44. The first-order valence-corrected chi connectivity index (χ1v) is 7.47. The van der Waals surface area contributed by atoms with Gasteiger partial charge in [0.2, 0.25) is 0 Å². The quantitative estimate of drug-likeness (QED) is 0.925. The van der Waals surface area contributed by atoms with Gasteiger partial charge in [-0.15, -0.1) is 0 Å². The van der Waals surface area contributed by atoms with Gasteiger partial charge in [0, 0.05) is 35.8 Å². The number of ether oxygens (including phenoxy) is 1. The molecule has 1 aromatic carbocycles. The van der Waals surface area contributed by atoms with Crippen LogP contribution in [0, 0.1) is 0 Å². The Labute approximate surface area is 117 Å². The summed E-state index contributed by atoms with van der Waals surface area (Å²) in [6.45, 7) is 4.62. The van der Waals surface area contributed by atoms with Crippen LogP contribution in [0.2, 0.25) is 0 Å². The molecule has 1 N–H and O–H groups in total. The molecule has 0 atom stereocenters. The minimum absolute atomic E-state index is 0.760. The van der Waals surface area contributed by atoms with E-state index < -0.39 is 0 Å². The first-order chi connectivity index (χ1) is 8.83. The van der Waals surface area contributed by atoms with Gasteiger partial charge >= 0.3 is 0 Å². The summed E-state index contributed by atoms with van der Waals surface area (Å²) >= 11 is 3.69. The number of morpholine rings is 1. The first kappa shape index (κ1) is 12.5. The predicted molar refractivity (Wildman–Crippen MR) is 77.0 cm³/mol. The van der Waals surface area contributed by atoms with Crippen LogP contribution >= 0.6 is 15.9 Å². The van der Waals surface area contributed by atoms with Crippen molar-refractivity contribution in [2.75, 3.05) is 31.2 Å². The second-order valence-corrected chi connectivity index (χ2v) is 5.88. The Kier molecular flexibility index (Phi) is 3.87. The van der Waals surface area contributed by atoms with E-state index in [4.69, 9.17) is 4.74 Å². The lowest BCUT2D eigenvalue weighted by molar-refractivity contribution is 0.122. The first-order valence-electron chi connectivity index (χ1n) is 6.67. The van der Waals surface area contributed by atoms with Crippen molar-refractivity contribution in [2.24, 2.45) is 0 Å². The number of anilines is 1. The number of nitrogens with zero attached hydrogens (tertiary/aromatic N) is 1. The number of benzene rings is 1. The maximum absolute atomic E-state index is 5.38. The highest BCUT2D eigenvalue weighted by Crippen LogP contribution is 2.26. The molecule has 4 heteroatoms. The van der Waals surface area contributed by atoms with E-state index in [1.807, 2.05) is 0 Å². The normalized spacial score (nSPS) is 20.2. The van der Waals surface area contributed by atoms with Gasteiger partial charge in [0.1, 0.15) is 0 Å². The number of halogens is 1. The zero-order chi connectivity index (χ0) is 12.4. The molecule has 1 saturated carbocycles. The lowest BCUT2D eigenvalue weighted by Crippen LogP contribution is -2.36. The Balaban J connectivity index is 1.66. The zero-order valence-electron chi connectivity index (χ0n) is 10.5. The summed E-state index contributed by atoms with van der Waals surface area (Å²) in [4.78, 5) is 2.38. The third-order valence-corrected chi connectivity index (χ3v) is 4.31. The van der Waals surface area contributed by atoms with E-state index in [1.54, 1.807) is 0 Å². The van der Waals surface area contributed by atoms with Crippen LogP contribution < -0.4 is 10.2 Å². The van der Waals surface area contributed by atoms with E-state index in [9.17, 15) is 0 Å². The fourth-order valence-corrected chi connectivity index (χ4v) is 2.75. The maximum Gasteiger partial charge on any atom is 0.0642 e. The average molecular weight is 311 g/mol. The van der Waals surface area contributed by atoms with Crippen molar-refractivity contribution in [1.29, 1.82) is 0 Å². The van der Waals surface area contributed by atoms with Gasteiger partial charge < -0.3 is 15.0 Å². The van der Waals surface area contributed by atoms with Gasteiger partial charge in [-0.1, -0.05) is 22.0 Å². The van der Waals surface area contributed by atoms with Crippen molar-refractivity contribution in [3.63, 3.8) is 0 Å². The molecule has 3 rings (SSSR count). The summed E-state index contributed by atoms with van der Waals surface area (Å²) < 4.78 is 6.59. The zero-order valence-corrected chi connectivity index (χ0v) is 12.1. The molecule has 1 aliphatic carbocycles.